The lowest BCUT2D eigenvalue weighted by molar-refractivity contribution is 0.00755. The Labute approximate surface area is 122 Å². The molecule has 110 valence electrons. The number of benzene rings is 1. The Bertz CT molecular complexity index is 490. The van der Waals surface area contributed by atoms with E-state index < -0.39 is 17.4 Å². The number of rotatable bonds is 3. The summed E-state index contributed by atoms with van der Waals surface area (Å²) in [6, 6.07) is 3.83. The van der Waals surface area contributed by atoms with Crippen molar-refractivity contribution in [2.45, 2.75) is 37.7 Å². The fourth-order valence-corrected chi connectivity index (χ4v) is 2.57. The number of carbonyl (C=O) groups is 1. The molecule has 0 heterocycles. The third-order valence-corrected chi connectivity index (χ3v) is 3.85. The van der Waals surface area contributed by atoms with Crippen LogP contribution in [0.4, 0.5) is 14.9 Å². The molecule has 1 fully saturated rings. The van der Waals surface area contributed by atoms with Gasteiger partial charge in [-0.05, 0) is 25.0 Å². The molecule has 6 heteroatoms. The topological polar surface area (TPSA) is 61.4 Å². The van der Waals surface area contributed by atoms with Gasteiger partial charge in [-0.2, -0.15) is 0 Å². The first-order chi connectivity index (χ1) is 9.50. The molecule has 0 atom stereocenters. The van der Waals surface area contributed by atoms with E-state index >= 15 is 0 Å². The quantitative estimate of drug-likeness (QED) is 0.802. The predicted molar refractivity (Wildman–Crippen MR) is 76.5 cm³/mol. The van der Waals surface area contributed by atoms with Crippen molar-refractivity contribution in [2.24, 2.45) is 0 Å². The van der Waals surface area contributed by atoms with E-state index in [1.807, 2.05) is 0 Å². The fourth-order valence-electron chi connectivity index (χ4n) is 2.40. The highest BCUT2D eigenvalue weighted by Crippen LogP contribution is 2.27. The zero-order valence-corrected chi connectivity index (χ0v) is 11.8. The lowest BCUT2D eigenvalue weighted by Gasteiger charge is -2.32. The van der Waals surface area contributed by atoms with Crippen molar-refractivity contribution < 1.29 is 14.3 Å². The van der Waals surface area contributed by atoms with Crippen LogP contribution >= 0.6 is 11.6 Å². The molecule has 0 spiro atoms. The zero-order valence-electron chi connectivity index (χ0n) is 11.1. The molecule has 1 saturated carbocycles. The van der Waals surface area contributed by atoms with Gasteiger partial charge < -0.3 is 15.7 Å². The van der Waals surface area contributed by atoms with Crippen molar-refractivity contribution in [1.29, 1.82) is 0 Å². The number of halogens is 2. The Morgan fingerprint density at radius 1 is 1.35 bits per heavy atom. The molecular weight excluding hydrogens is 283 g/mol. The number of aliphatic hydroxyl groups is 1. The Balaban J connectivity index is 1.88. The predicted octanol–water partition coefficient (Wildman–Crippen LogP) is 3.30. The molecule has 1 aliphatic rings. The fraction of sp³-hybridized carbons (Fsp3) is 0.500. The maximum absolute atomic E-state index is 13.6. The first-order valence-electron chi connectivity index (χ1n) is 6.71. The minimum atomic E-state index is -0.845. The maximum Gasteiger partial charge on any atom is 0.319 e. The molecule has 0 aliphatic heterocycles. The first-order valence-corrected chi connectivity index (χ1v) is 7.09. The Morgan fingerprint density at radius 2 is 2.05 bits per heavy atom. The van der Waals surface area contributed by atoms with Gasteiger partial charge in [0.25, 0.3) is 0 Å². The number of urea groups is 1. The highest BCUT2D eigenvalue weighted by Gasteiger charge is 2.29. The van der Waals surface area contributed by atoms with Gasteiger partial charge in [0.05, 0.1) is 16.3 Å². The highest BCUT2D eigenvalue weighted by molar-refractivity contribution is 6.31. The molecule has 1 aromatic carbocycles. The zero-order chi connectivity index (χ0) is 14.6. The van der Waals surface area contributed by atoms with Crippen molar-refractivity contribution in [3.05, 3.63) is 29.0 Å². The maximum atomic E-state index is 13.6. The van der Waals surface area contributed by atoms with E-state index in [1.165, 1.54) is 12.1 Å². The molecule has 0 unspecified atom stereocenters. The monoisotopic (exact) mass is 300 g/mol. The van der Waals surface area contributed by atoms with Gasteiger partial charge in [-0.1, -0.05) is 36.9 Å². The Hall–Kier alpha value is -1.33. The van der Waals surface area contributed by atoms with E-state index in [9.17, 15) is 14.3 Å². The summed E-state index contributed by atoms with van der Waals surface area (Å²) in [5.74, 6) is -0.666. The summed E-state index contributed by atoms with van der Waals surface area (Å²) in [5.41, 5.74) is -0.826. The van der Waals surface area contributed by atoms with Crippen LogP contribution < -0.4 is 10.6 Å². The Morgan fingerprint density at radius 3 is 2.75 bits per heavy atom. The van der Waals surface area contributed by atoms with Crippen molar-refractivity contribution in [2.75, 3.05) is 11.9 Å². The summed E-state index contributed by atoms with van der Waals surface area (Å²) in [5, 5.41) is 15.2. The summed E-state index contributed by atoms with van der Waals surface area (Å²) in [6.45, 7) is 0.168. The van der Waals surface area contributed by atoms with Crippen LogP contribution in [0.3, 0.4) is 0 Å². The van der Waals surface area contributed by atoms with Crippen molar-refractivity contribution in [1.82, 2.24) is 5.32 Å². The molecule has 0 radical (unpaired) electrons. The second kappa shape index (κ2) is 6.41. The molecule has 0 saturated heterocycles. The SMILES string of the molecule is O=C(NCC1(O)CCCCC1)Nc1cccc(Cl)c1F. The lowest BCUT2D eigenvalue weighted by atomic mass is 9.85. The first kappa shape index (κ1) is 15.1. The van der Waals surface area contributed by atoms with Gasteiger partial charge in [-0.3, -0.25) is 0 Å². The van der Waals surface area contributed by atoms with Crippen LogP contribution in [0.5, 0.6) is 0 Å². The average molecular weight is 301 g/mol. The van der Waals surface area contributed by atoms with Gasteiger partial charge >= 0.3 is 6.03 Å². The van der Waals surface area contributed by atoms with E-state index in [4.69, 9.17) is 11.6 Å². The molecule has 1 aliphatic carbocycles. The molecule has 2 rings (SSSR count). The molecule has 3 N–H and O–H groups in total. The highest BCUT2D eigenvalue weighted by atomic mass is 35.5. The van der Waals surface area contributed by atoms with E-state index in [0.29, 0.717) is 12.8 Å². The van der Waals surface area contributed by atoms with Crippen LogP contribution in [-0.2, 0) is 0 Å². The van der Waals surface area contributed by atoms with E-state index in [-0.39, 0.29) is 17.3 Å². The largest absolute Gasteiger partial charge is 0.388 e. The number of anilines is 1. The molecular formula is C14H18ClFN2O2. The summed E-state index contributed by atoms with van der Waals surface area (Å²) in [4.78, 5) is 11.7. The van der Waals surface area contributed by atoms with Gasteiger partial charge in [0.15, 0.2) is 5.82 Å². The van der Waals surface area contributed by atoms with Gasteiger partial charge in [-0.25, -0.2) is 9.18 Å². The number of amides is 2. The lowest BCUT2D eigenvalue weighted by Crippen LogP contribution is -2.45. The standard InChI is InChI=1S/C14H18ClFN2O2/c15-10-5-4-6-11(12(10)16)18-13(19)17-9-14(20)7-2-1-3-8-14/h4-6,20H,1-3,7-9H2,(H2,17,18,19). The number of hydrogen-bond acceptors (Lipinski definition) is 2. The second-order valence-corrected chi connectivity index (χ2v) is 5.60. The number of carbonyl (C=O) groups excluding carboxylic acids is 1. The van der Waals surface area contributed by atoms with Crippen LogP contribution in [0.25, 0.3) is 0 Å². The summed E-state index contributed by atoms with van der Waals surface area (Å²) in [6.07, 6.45) is 4.39. The third-order valence-electron chi connectivity index (χ3n) is 3.56. The summed E-state index contributed by atoms with van der Waals surface area (Å²) < 4.78 is 13.6. The molecule has 1 aromatic rings. The number of nitrogens with one attached hydrogen (secondary N) is 2. The molecule has 0 aromatic heterocycles. The molecule has 2 amide bonds. The Kier molecular flexibility index (Phi) is 4.83. The van der Waals surface area contributed by atoms with E-state index in [1.54, 1.807) is 6.07 Å². The van der Waals surface area contributed by atoms with Crippen molar-refractivity contribution >= 4 is 23.3 Å². The summed E-state index contributed by atoms with van der Waals surface area (Å²) in [7, 11) is 0. The van der Waals surface area contributed by atoms with Gasteiger partial charge in [-0.15, -0.1) is 0 Å². The smallest absolute Gasteiger partial charge is 0.319 e. The molecule has 0 bridgehead atoms. The van der Waals surface area contributed by atoms with E-state index in [2.05, 4.69) is 10.6 Å². The number of hydrogen-bond donors (Lipinski definition) is 3. The van der Waals surface area contributed by atoms with Gasteiger partial charge in [0.1, 0.15) is 0 Å². The third kappa shape index (κ3) is 3.84. The van der Waals surface area contributed by atoms with Crippen LogP contribution in [-0.4, -0.2) is 23.3 Å². The van der Waals surface area contributed by atoms with Gasteiger partial charge in [0, 0.05) is 6.54 Å². The van der Waals surface area contributed by atoms with Crippen LogP contribution in [0.15, 0.2) is 18.2 Å². The van der Waals surface area contributed by atoms with E-state index in [0.717, 1.165) is 19.3 Å². The van der Waals surface area contributed by atoms with Crippen LogP contribution in [0.1, 0.15) is 32.1 Å². The van der Waals surface area contributed by atoms with Crippen LogP contribution in [0.2, 0.25) is 5.02 Å². The van der Waals surface area contributed by atoms with Gasteiger partial charge in [0.2, 0.25) is 0 Å². The van der Waals surface area contributed by atoms with Crippen molar-refractivity contribution in [3.8, 4) is 0 Å². The summed E-state index contributed by atoms with van der Waals surface area (Å²) >= 11 is 5.63. The molecule has 20 heavy (non-hydrogen) atoms. The minimum absolute atomic E-state index is 0.0191. The minimum Gasteiger partial charge on any atom is -0.388 e. The second-order valence-electron chi connectivity index (χ2n) is 5.19. The normalized spacial score (nSPS) is 17.6. The van der Waals surface area contributed by atoms with Crippen molar-refractivity contribution in [3.63, 3.8) is 0 Å². The molecule has 4 nitrogen and oxygen atoms in total. The average Bonchev–Trinajstić information content (AvgIpc) is 2.43. The van der Waals surface area contributed by atoms with Crippen LogP contribution in [0, 0.1) is 5.82 Å².